The van der Waals surface area contributed by atoms with Gasteiger partial charge in [-0.3, -0.25) is 0 Å². The Kier molecular flexibility index (Phi) is 9.67. The lowest BCUT2D eigenvalue weighted by Gasteiger charge is -2.45. The fourth-order valence-electron chi connectivity index (χ4n) is 11.4. The molecule has 0 saturated heterocycles. The first kappa shape index (κ1) is 39.8. The van der Waals surface area contributed by atoms with Gasteiger partial charge in [0.15, 0.2) is 16.1 Å². The zero-order valence-corrected chi connectivity index (χ0v) is 39.1. The summed E-state index contributed by atoms with van der Waals surface area (Å²) in [7, 11) is -5.47. The van der Waals surface area contributed by atoms with E-state index in [2.05, 4.69) is 278 Å². The lowest BCUT2D eigenvalue weighted by atomic mass is 9.98. The Morgan fingerprint density at radius 2 is 0.485 bits per heavy atom. The molecule has 10 aromatic rings. The molecule has 2 aliphatic rings. The van der Waals surface area contributed by atoms with Crippen LogP contribution in [0.5, 0.6) is 0 Å². The van der Waals surface area contributed by atoms with E-state index < -0.39 is 16.1 Å². The summed E-state index contributed by atoms with van der Waals surface area (Å²) in [6.07, 6.45) is 0. The van der Waals surface area contributed by atoms with E-state index in [1.165, 1.54) is 97.9 Å². The second kappa shape index (κ2) is 16.0. The van der Waals surface area contributed by atoms with Crippen LogP contribution < -0.4 is 51.3 Å². The third-order valence-corrected chi connectivity index (χ3v) is 24.0. The van der Waals surface area contributed by atoms with E-state index in [1.54, 1.807) is 0 Å². The maximum atomic E-state index is 2.55. The van der Waals surface area contributed by atoms with Crippen molar-refractivity contribution in [2.24, 2.45) is 0 Å². The van der Waals surface area contributed by atoms with Crippen LogP contribution in [0.2, 0.25) is 0 Å². The molecule has 0 aliphatic carbocycles. The van der Waals surface area contributed by atoms with E-state index in [4.69, 9.17) is 0 Å². The quantitative estimate of drug-likeness (QED) is 0.147. The van der Waals surface area contributed by atoms with E-state index in [1.807, 2.05) is 0 Å². The molecule has 0 unspecified atom stereocenters. The molecule has 4 heteroatoms. The van der Waals surface area contributed by atoms with Crippen molar-refractivity contribution in [2.45, 2.75) is 13.8 Å². The van der Waals surface area contributed by atoms with Gasteiger partial charge in [0.25, 0.3) is 0 Å². The molecule has 0 saturated carbocycles. The van der Waals surface area contributed by atoms with Crippen molar-refractivity contribution >= 4 is 91.8 Å². The summed E-state index contributed by atoms with van der Waals surface area (Å²) in [5, 5.41) is 11.2. The SMILES string of the molecule is Cc1ccc(-c2ccc(C)c(N3c4ccccc4[Si](c4ccccc4)(c4ccccc4)c4ccccc43)c2)cc1N1c2ccccc2[Si](c2ccccc2)(c2ccccc2)c2ccccc21. The van der Waals surface area contributed by atoms with Crippen molar-refractivity contribution in [3.63, 3.8) is 0 Å². The fourth-order valence-corrected chi connectivity index (χ4v) is 21.6. The first-order chi connectivity index (χ1) is 32.6. The minimum Gasteiger partial charge on any atom is -0.310 e. The van der Waals surface area contributed by atoms with E-state index in [0.29, 0.717) is 0 Å². The van der Waals surface area contributed by atoms with Gasteiger partial charge >= 0.3 is 0 Å². The molecule has 0 radical (unpaired) electrons. The highest BCUT2D eigenvalue weighted by Crippen LogP contribution is 2.44. The van der Waals surface area contributed by atoms with Crippen molar-refractivity contribution in [3.8, 4) is 11.1 Å². The van der Waals surface area contributed by atoms with Crippen LogP contribution in [0.3, 0.4) is 0 Å². The van der Waals surface area contributed by atoms with Crippen LogP contribution in [0, 0.1) is 13.8 Å². The zero-order chi connectivity index (χ0) is 44.2. The summed E-state index contributed by atoms with van der Waals surface area (Å²) >= 11 is 0. The molecule has 0 aromatic heterocycles. The van der Waals surface area contributed by atoms with Gasteiger partial charge in [-0.05, 0) is 114 Å². The van der Waals surface area contributed by atoms with Gasteiger partial charge in [-0.25, -0.2) is 0 Å². The summed E-state index contributed by atoms with van der Waals surface area (Å²) in [4.78, 5) is 5.09. The van der Waals surface area contributed by atoms with Crippen LogP contribution in [0.25, 0.3) is 11.1 Å². The van der Waals surface area contributed by atoms with Crippen molar-refractivity contribution < 1.29 is 0 Å². The van der Waals surface area contributed by atoms with E-state index in [9.17, 15) is 0 Å². The van der Waals surface area contributed by atoms with Crippen molar-refractivity contribution in [1.29, 1.82) is 0 Å². The highest BCUT2D eigenvalue weighted by molar-refractivity contribution is 7.22. The highest BCUT2D eigenvalue weighted by Gasteiger charge is 2.50. The highest BCUT2D eigenvalue weighted by atomic mass is 28.3. The van der Waals surface area contributed by atoms with Gasteiger partial charge in [-0.1, -0.05) is 218 Å². The molecule has 0 bridgehead atoms. The van der Waals surface area contributed by atoms with E-state index in [-0.39, 0.29) is 0 Å². The van der Waals surface area contributed by atoms with Crippen LogP contribution in [-0.4, -0.2) is 16.1 Å². The average Bonchev–Trinajstić information content (AvgIpc) is 3.39. The predicted octanol–water partition coefficient (Wildman–Crippen LogP) is 10.3. The van der Waals surface area contributed by atoms with Crippen molar-refractivity contribution in [2.75, 3.05) is 9.80 Å². The Balaban J connectivity index is 1.04. The third-order valence-electron chi connectivity index (χ3n) is 14.3. The number of para-hydroxylation sites is 4. The van der Waals surface area contributed by atoms with Crippen LogP contribution in [0.15, 0.2) is 255 Å². The lowest BCUT2D eigenvalue weighted by molar-refractivity contribution is 1.25. The normalized spacial score (nSPS) is 14.1. The minimum absolute atomic E-state index is 1.18. The molecule has 0 amide bonds. The standard InChI is InChI=1S/C62H48N2Si2/c1-45-39-41-47(43-57(45)63-53-31-15-19-35-59(53)65(49-23-7-3-8-24-49,50-25-9-4-10-26-50)60-36-20-16-32-54(60)63)48-42-40-46(2)58(44-48)64-55-33-17-21-37-61(55)66(51-27-11-5-12-28-51,52-29-13-6-14-30-52)62-38-22-18-34-56(62)64/h3-44H,1-2H3. The largest absolute Gasteiger partial charge is 0.310 e. The number of benzene rings is 10. The second-order valence-corrected chi connectivity index (χ2v) is 25.2. The topological polar surface area (TPSA) is 6.48 Å². The molecule has 2 heterocycles. The van der Waals surface area contributed by atoms with Gasteiger partial charge in [0.1, 0.15) is 0 Å². The van der Waals surface area contributed by atoms with Gasteiger partial charge in [0.05, 0.1) is 0 Å². The van der Waals surface area contributed by atoms with Crippen LogP contribution >= 0.6 is 0 Å². The molecule has 0 spiro atoms. The summed E-state index contributed by atoms with van der Waals surface area (Å²) in [5.74, 6) is 0. The molecule has 0 N–H and O–H groups in total. The molecule has 0 fully saturated rings. The van der Waals surface area contributed by atoms with Gasteiger partial charge < -0.3 is 9.80 Å². The number of fused-ring (bicyclic) bond motifs is 4. The first-order valence-electron chi connectivity index (χ1n) is 23.0. The van der Waals surface area contributed by atoms with Gasteiger partial charge in [-0.2, -0.15) is 0 Å². The molecule has 2 nitrogen and oxygen atoms in total. The maximum absolute atomic E-state index is 2.74. The Bertz CT molecular complexity index is 3000. The molecule has 12 rings (SSSR count). The summed E-state index contributed by atoms with van der Waals surface area (Å²) in [5.41, 5.74) is 12.2. The third kappa shape index (κ3) is 5.92. The molecule has 66 heavy (non-hydrogen) atoms. The Hall–Kier alpha value is -7.77. The van der Waals surface area contributed by atoms with Crippen molar-refractivity contribution in [1.82, 2.24) is 0 Å². The van der Waals surface area contributed by atoms with E-state index >= 15 is 0 Å². The lowest BCUT2D eigenvalue weighted by Crippen LogP contribution is -2.77. The van der Waals surface area contributed by atoms with E-state index in [0.717, 1.165) is 0 Å². The van der Waals surface area contributed by atoms with Gasteiger partial charge in [0.2, 0.25) is 0 Å². The molecular formula is C62H48N2Si2. The summed E-state index contributed by atoms with van der Waals surface area (Å²) < 4.78 is 0. The number of hydrogen-bond acceptors (Lipinski definition) is 2. The molecular weight excluding hydrogens is 829 g/mol. The summed E-state index contributed by atoms with van der Waals surface area (Å²) in [6, 6.07) is 95.9. The molecule has 2 aliphatic heterocycles. The number of hydrogen-bond donors (Lipinski definition) is 0. The Labute approximate surface area is 390 Å². The van der Waals surface area contributed by atoms with Gasteiger partial charge in [-0.15, -0.1) is 0 Å². The number of nitrogens with zero attached hydrogens (tertiary/aromatic N) is 2. The smallest absolute Gasteiger partial charge is 0.184 e. The maximum Gasteiger partial charge on any atom is 0.184 e. The molecule has 314 valence electrons. The monoisotopic (exact) mass is 876 g/mol. The van der Waals surface area contributed by atoms with Crippen molar-refractivity contribution in [3.05, 3.63) is 266 Å². The first-order valence-corrected chi connectivity index (χ1v) is 27.0. The Morgan fingerprint density at radius 3 is 0.758 bits per heavy atom. The average molecular weight is 877 g/mol. The fraction of sp³-hybridized carbons (Fsp3) is 0.0323. The number of anilines is 6. The number of aryl methyl sites for hydroxylation is 2. The second-order valence-electron chi connectivity index (χ2n) is 17.7. The summed E-state index contributed by atoms with van der Waals surface area (Å²) in [6.45, 7) is 4.52. The predicted molar refractivity (Wildman–Crippen MR) is 285 cm³/mol. The molecule has 10 aromatic carbocycles. The van der Waals surface area contributed by atoms with Gasteiger partial charge in [0, 0.05) is 34.1 Å². The van der Waals surface area contributed by atoms with Crippen LogP contribution in [-0.2, 0) is 0 Å². The Morgan fingerprint density at radius 1 is 0.242 bits per heavy atom. The van der Waals surface area contributed by atoms with Crippen LogP contribution in [0.4, 0.5) is 34.1 Å². The zero-order valence-electron chi connectivity index (χ0n) is 37.1. The minimum atomic E-state index is -2.74. The van der Waals surface area contributed by atoms with Crippen LogP contribution in [0.1, 0.15) is 11.1 Å². The molecule has 0 atom stereocenters. The number of rotatable bonds is 7.